The number of ether oxygens (including phenoxy) is 2. The van der Waals surface area contributed by atoms with Crippen LogP contribution in [-0.4, -0.2) is 26.0 Å². The zero-order valence-corrected chi connectivity index (χ0v) is 17.9. The van der Waals surface area contributed by atoms with E-state index in [-0.39, 0.29) is 18.2 Å². The van der Waals surface area contributed by atoms with Crippen LogP contribution in [0.4, 0.5) is 11.4 Å². The van der Waals surface area contributed by atoms with Gasteiger partial charge in [-0.1, -0.05) is 30.3 Å². The maximum Gasteiger partial charge on any atom is 0.257 e. The molecular weight excluding hydrogens is 392 g/mol. The van der Waals surface area contributed by atoms with Crippen molar-refractivity contribution in [2.24, 2.45) is 0 Å². The summed E-state index contributed by atoms with van der Waals surface area (Å²) < 4.78 is 10.5. The average Bonchev–Trinajstić information content (AvgIpc) is 2.77. The summed E-state index contributed by atoms with van der Waals surface area (Å²) >= 11 is 0. The summed E-state index contributed by atoms with van der Waals surface area (Å²) in [7, 11) is 3.16. The van der Waals surface area contributed by atoms with Crippen LogP contribution >= 0.6 is 0 Å². The molecule has 160 valence electrons. The molecule has 0 atom stereocenters. The lowest BCUT2D eigenvalue weighted by molar-refractivity contribution is -0.116. The molecule has 31 heavy (non-hydrogen) atoms. The van der Waals surface area contributed by atoms with Crippen LogP contribution in [0.15, 0.2) is 66.7 Å². The Bertz CT molecular complexity index is 1080. The van der Waals surface area contributed by atoms with E-state index in [2.05, 4.69) is 10.6 Å². The fourth-order valence-electron chi connectivity index (χ4n) is 3.22. The number of methoxy groups -OCH3 is 2. The molecule has 3 rings (SSSR count). The zero-order valence-electron chi connectivity index (χ0n) is 17.9. The Hall–Kier alpha value is -3.80. The molecule has 0 saturated carbocycles. The van der Waals surface area contributed by atoms with Gasteiger partial charge in [0.2, 0.25) is 5.91 Å². The number of carbonyl (C=O) groups is 2. The molecule has 0 bridgehead atoms. The van der Waals surface area contributed by atoms with Crippen molar-refractivity contribution < 1.29 is 19.1 Å². The summed E-state index contributed by atoms with van der Waals surface area (Å²) in [4.78, 5) is 25.3. The van der Waals surface area contributed by atoms with E-state index in [1.165, 1.54) is 0 Å². The second-order valence-corrected chi connectivity index (χ2v) is 7.11. The van der Waals surface area contributed by atoms with Crippen LogP contribution in [0.2, 0.25) is 0 Å². The molecule has 0 radical (unpaired) electrons. The number of para-hydroxylation sites is 1. The molecule has 3 aromatic rings. The number of amides is 2. The van der Waals surface area contributed by atoms with Crippen molar-refractivity contribution in [1.29, 1.82) is 0 Å². The Morgan fingerprint density at radius 3 is 2.35 bits per heavy atom. The Labute approximate surface area is 182 Å². The van der Waals surface area contributed by atoms with E-state index < -0.39 is 0 Å². The number of anilines is 2. The summed E-state index contributed by atoms with van der Waals surface area (Å²) in [5, 5.41) is 5.73. The van der Waals surface area contributed by atoms with Gasteiger partial charge in [-0.3, -0.25) is 9.59 Å². The molecule has 2 N–H and O–H groups in total. The topological polar surface area (TPSA) is 76.7 Å². The lowest BCUT2D eigenvalue weighted by Gasteiger charge is -2.12. The molecule has 0 saturated heterocycles. The van der Waals surface area contributed by atoms with Gasteiger partial charge in [-0.25, -0.2) is 0 Å². The van der Waals surface area contributed by atoms with E-state index in [9.17, 15) is 9.59 Å². The zero-order chi connectivity index (χ0) is 22.2. The van der Waals surface area contributed by atoms with Crippen LogP contribution in [-0.2, 0) is 11.2 Å². The quantitative estimate of drug-likeness (QED) is 0.549. The highest BCUT2D eigenvalue weighted by molar-refractivity contribution is 6.10. The number of hydrogen-bond donors (Lipinski definition) is 2. The molecule has 0 aliphatic carbocycles. The fraction of sp³-hybridized carbons (Fsp3) is 0.200. The van der Waals surface area contributed by atoms with Crippen LogP contribution in [0.1, 0.15) is 27.9 Å². The summed E-state index contributed by atoms with van der Waals surface area (Å²) in [5.41, 5.74) is 3.60. The minimum Gasteiger partial charge on any atom is -0.493 e. The number of nitrogens with one attached hydrogen (secondary N) is 2. The first-order valence-corrected chi connectivity index (χ1v) is 9.98. The average molecular weight is 418 g/mol. The molecule has 3 aromatic carbocycles. The molecule has 0 unspecified atom stereocenters. The maximum atomic E-state index is 12.7. The highest BCUT2D eigenvalue weighted by atomic mass is 16.5. The van der Waals surface area contributed by atoms with Gasteiger partial charge >= 0.3 is 0 Å². The SMILES string of the molecule is COc1ccc(CCC(=O)Nc2ccccc2C(=O)Nc2cccc(C)c2)cc1OC. The van der Waals surface area contributed by atoms with Gasteiger partial charge in [-0.15, -0.1) is 0 Å². The van der Waals surface area contributed by atoms with E-state index >= 15 is 0 Å². The van der Waals surface area contributed by atoms with Gasteiger partial charge in [0.15, 0.2) is 11.5 Å². The van der Waals surface area contributed by atoms with Crippen molar-refractivity contribution in [3.8, 4) is 11.5 Å². The first-order valence-electron chi connectivity index (χ1n) is 9.98. The smallest absolute Gasteiger partial charge is 0.257 e. The highest BCUT2D eigenvalue weighted by Crippen LogP contribution is 2.28. The summed E-state index contributed by atoms with van der Waals surface area (Å²) in [5.74, 6) is 0.815. The van der Waals surface area contributed by atoms with Gasteiger partial charge in [-0.2, -0.15) is 0 Å². The second-order valence-electron chi connectivity index (χ2n) is 7.11. The molecular formula is C25H26N2O4. The van der Waals surface area contributed by atoms with Crippen LogP contribution in [0, 0.1) is 6.92 Å². The first kappa shape index (κ1) is 21.9. The van der Waals surface area contributed by atoms with Gasteiger partial charge in [0.05, 0.1) is 25.5 Å². The number of rotatable bonds is 8. The number of aryl methyl sites for hydroxylation is 2. The predicted molar refractivity (Wildman–Crippen MR) is 122 cm³/mol. The van der Waals surface area contributed by atoms with E-state index in [1.807, 2.05) is 49.4 Å². The van der Waals surface area contributed by atoms with Crippen LogP contribution in [0.25, 0.3) is 0 Å². The molecule has 2 amide bonds. The van der Waals surface area contributed by atoms with Gasteiger partial charge in [0, 0.05) is 12.1 Å². The van der Waals surface area contributed by atoms with Crippen LogP contribution < -0.4 is 20.1 Å². The third-order valence-electron chi connectivity index (χ3n) is 4.81. The highest BCUT2D eigenvalue weighted by Gasteiger charge is 2.14. The standard InChI is InChI=1S/C25H26N2O4/c1-17-7-6-8-19(15-17)26-25(29)20-9-4-5-10-21(20)27-24(28)14-12-18-11-13-22(30-2)23(16-18)31-3/h4-11,13,15-16H,12,14H2,1-3H3,(H,26,29)(H,27,28). The Morgan fingerprint density at radius 1 is 0.839 bits per heavy atom. The molecule has 0 aliphatic rings. The monoisotopic (exact) mass is 418 g/mol. The maximum absolute atomic E-state index is 12.7. The normalized spacial score (nSPS) is 10.3. The van der Waals surface area contributed by atoms with Gasteiger partial charge in [0.25, 0.3) is 5.91 Å². The van der Waals surface area contributed by atoms with Crippen molar-refractivity contribution in [3.05, 3.63) is 83.4 Å². The van der Waals surface area contributed by atoms with E-state index in [0.29, 0.717) is 34.9 Å². The van der Waals surface area contributed by atoms with Crippen molar-refractivity contribution >= 4 is 23.2 Å². The number of carbonyl (C=O) groups excluding carboxylic acids is 2. The van der Waals surface area contributed by atoms with E-state index in [0.717, 1.165) is 11.1 Å². The van der Waals surface area contributed by atoms with Gasteiger partial charge < -0.3 is 20.1 Å². The molecule has 0 aromatic heterocycles. The van der Waals surface area contributed by atoms with Gasteiger partial charge in [0.1, 0.15) is 0 Å². The minimum atomic E-state index is -0.276. The third-order valence-corrected chi connectivity index (χ3v) is 4.81. The molecule has 0 heterocycles. The molecule has 0 fully saturated rings. The number of benzene rings is 3. The Morgan fingerprint density at radius 2 is 1.61 bits per heavy atom. The van der Waals surface area contributed by atoms with E-state index in [1.54, 1.807) is 38.5 Å². The van der Waals surface area contributed by atoms with Crippen molar-refractivity contribution in [3.63, 3.8) is 0 Å². The molecule has 6 heteroatoms. The Balaban J connectivity index is 1.65. The summed E-state index contributed by atoms with van der Waals surface area (Å²) in [6, 6.07) is 20.1. The summed E-state index contributed by atoms with van der Waals surface area (Å²) in [6.07, 6.45) is 0.799. The summed E-state index contributed by atoms with van der Waals surface area (Å²) in [6.45, 7) is 1.96. The van der Waals surface area contributed by atoms with Crippen LogP contribution in [0.5, 0.6) is 11.5 Å². The molecule has 6 nitrogen and oxygen atoms in total. The number of hydrogen-bond acceptors (Lipinski definition) is 4. The van der Waals surface area contributed by atoms with Gasteiger partial charge in [-0.05, 0) is 60.9 Å². The second kappa shape index (κ2) is 10.3. The lowest BCUT2D eigenvalue weighted by Crippen LogP contribution is -2.18. The minimum absolute atomic E-state index is 0.175. The first-order chi connectivity index (χ1) is 15.0. The van der Waals surface area contributed by atoms with Crippen LogP contribution in [0.3, 0.4) is 0 Å². The van der Waals surface area contributed by atoms with E-state index in [4.69, 9.17) is 9.47 Å². The van der Waals surface area contributed by atoms with Crippen molar-refractivity contribution in [2.75, 3.05) is 24.9 Å². The Kier molecular flexibility index (Phi) is 7.27. The van der Waals surface area contributed by atoms with Crippen molar-refractivity contribution in [2.45, 2.75) is 19.8 Å². The fourth-order valence-corrected chi connectivity index (χ4v) is 3.22. The third kappa shape index (κ3) is 5.85. The molecule has 0 spiro atoms. The molecule has 0 aliphatic heterocycles. The predicted octanol–water partition coefficient (Wildman–Crippen LogP) is 4.84. The largest absolute Gasteiger partial charge is 0.493 e. The van der Waals surface area contributed by atoms with Crippen molar-refractivity contribution in [1.82, 2.24) is 0 Å². The lowest BCUT2D eigenvalue weighted by atomic mass is 10.1.